The Hall–Kier alpha value is -5.72. The summed E-state index contributed by atoms with van der Waals surface area (Å²) in [6.45, 7) is 3.95. The van der Waals surface area contributed by atoms with E-state index in [0.717, 1.165) is 22.5 Å². The summed E-state index contributed by atoms with van der Waals surface area (Å²) < 4.78 is 2.95. The molecule has 0 unspecified atom stereocenters. The lowest BCUT2D eigenvalue weighted by molar-refractivity contribution is 0.0945. The number of benzene rings is 4. The zero-order valence-electron chi connectivity index (χ0n) is 26.2. The van der Waals surface area contributed by atoms with Crippen LogP contribution >= 0.6 is 24.4 Å². The van der Waals surface area contributed by atoms with Crippen LogP contribution in [0.15, 0.2) is 135 Å². The Kier molecular flexibility index (Phi) is 11.4. The number of carbonyl (C=O) groups excluding carboxylic acids is 2. The molecule has 10 nitrogen and oxygen atoms in total. The van der Waals surface area contributed by atoms with Crippen molar-refractivity contribution >= 4 is 57.4 Å². The number of ketones is 2. The van der Waals surface area contributed by atoms with E-state index in [9.17, 15) is 9.59 Å². The zero-order valence-corrected chi connectivity index (χ0v) is 27.8. The van der Waals surface area contributed by atoms with E-state index in [2.05, 4.69) is 30.8 Å². The number of aromatic nitrogens is 6. The Labute approximate surface area is 288 Å². The first-order valence-electron chi connectivity index (χ1n) is 14.9. The Balaban J connectivity index is 0.000000188. The minimum Gasteiger partial charge on any atom is -0.348 e. The van der Waals surface area contributed by atoms with Crippen LogP contribution in [0.5, 0.6) is 0 Å². The number of para-hydroxylation sites is 2. The lowest BCUT2D eigenvalue weighted by Crippen LogP contribution is -2.31. The van der Waals surface area contributed by atoms with Gasteiger partial charge in [-0.2, -0.15) is 10.2 Å². The first-order chi connectivity index (χ1) is 23.3. The van der Waals surface area contributed by atoms with Crippen LogP contribution in [0, 0.1) is 13.8 Å². The molecule has 2 aromatic heterocycles. The number of hydrogen-bond acceptors (Lipinski definition) is 8. The van der Waals surface area contributed by atoms with E-state index >= 15 is 0 Å². The Morgan fingerprint density at radius 2 is 0.917 bits per heavy atom. The summed E-state index contributed by atoms with van der Waals surface area (Å²) in [5.74, 6) is -0.261. The van der Waals surface area contributed by atoms with E-state index in [4.69, 9.17) is 24.4 Å². The van der Waals surface area contributed by atoms with E-state index in [1.807, 2.05) is 98.8 Å². The molecular formula is C36H32N8O2S2. The summed E-state index contributed by atoms with van der Waals surface area (Å²) in [4.78, 5) is 34.6. The highest BCUT2D eigenvalue weighted by Crippen LogP contribution is 2.20. The third-order valence-electron chi connectivity index (χ3n) is 7.15. The predicted molar refractivity (Wildman–Crippen MR) is 194 cm³/mol. The Morgan fingerprint density at radius 1 is 0.562 bits per heavy atom. The molecule has 240 valence electrons. The van der Waals surface area contributed by atoms with Crippen LogP contribution in [-0.4, -0.2) is 51.1 Å². The highest BCUT2D eigenvalue weighted by atomic mass is 32.1. The quantitative estimate of drug-likeness (QED) is 0.118. The molecule has 48 heavy (non-hydrogen) atoms. The molecule has 2 N–H and O–H groups in total. The van der Waals surface area contributed by atoms with Gasteiger partial charge in [-0.05, 0) is 38.1 Å². The number of Topliss-reactive ketones (excluding diaryl/α,β-unsaturated/α-hetero) is 2. The van der Waals surface area contributed by atoms with Crippen LogP contribution in [0.4, 0.5) is 11.4 Å². The lowest BCUT2D eigenvalue weighted by atomic mass is 10.0. The number of carbonyl (C=O) groups is 2. The first-order valence-corrected chi connectivity index (χ1v) is 15.7. The molecule has 0 saturated carbocycles. The summed E-state index contributed by atoms with van der Waals surface area (Å²) in [7, 11) is 0. The molecule has 6 aromatic rings. The highest BCUT2D eigenvalue weighted by molar-refractivity contribution is 7.81. The number of rotatable bonds is 10. The maximum absolute atomic E-state index is 13.0. The van der Waals surface area contributed by atoms with Crippen LogP contribution in [0.1, 0.15) is 43.9 Å². The van der Waals surface area contributed by atoms with Gasteiger partial charge >= 0.3 is 0 Å². The van der Waals surface area contributed by atoms with Gasteiger partial charge < -0.3 is 10.6 Å². The minimum absolute atomic E-state index is 0.131. The molecule has 4 aromatic carbocycles. The summed E-state index contributed by atoms with van der Waals surface area (Å²) >= 11 is 11.0. The molecule has 0 spiro atoms. The van der Waals surface area contributed by atoms with Gasteiger partial charge in [-0.25, -0.2) is 19.3 Å². The molecule has 0 radical (unpaired) electrons. The van der Waals surface area contributed by atoms with Crippen molar-refractivity contribution in [3.8, 4) is 0 Å². The van der Waals surface area contributed by atoms with Crippen molar-refractivity contribution in [3.63, 3.8) is 0 Å². The van der Waals surface area contributed by atoms with Crippen LogP contribution in [0.2, 0.25) is 0 Å². The van der Waals surface area contributed by atoms with Crippen LogP contribution < -0.4 is 10.6 Å². The molecule has 2 heterocycles. The molecule has 0 saturated heterocycles. The van der Waals surface area contributed by atoms with Gasteiger partial charge in [0.05, 0.1) is 0 Å². The number of anilines is 2. The summed E-state index contributed by atoms with van der Waals surface area (Å²) in [5, 5.41) is 14.4. The van der Waals surface area contributed by atoms with Crippen LogP contribution in [-0.2, 0) is 0 Å². The van der Waals surface area contributed by atoms with Crippen molar-refractivity contribution in [2.24, 2.45) is 0 Å². The second-order valence-corrected chi connectivity index (χ2v) is 11.6. The van der Waals surface area contributed by atoms with Crippen molar-refractivity contribution in [3.05, 3.63) is 157 Å². The van der Waals surface area contributed by atoms with Gasteiger partial charge in [0.25, 0.3) is 0 Å². The Bertz CT molecular complexity index is 1800. The average Bonchev–Trinajstić information content (AvgIpc) is 3.83. The monoisotopic (exact) mass is 672 g/mol. The lowest BCUT2D eigenvalue weighted by Gasteiger charge is -2.18. The van der Waals surface area contributed by atoms with Crippen LogP contribution in [0.25, 0.3) is 0 Å². The fraction of sp³-hybridized carbons (Fsp3) is 0.111. The predicted octanol–water partition coefficient (Wildman–Crippen LogP) is 6.90. The molecule has 0 aliphatic carbocycles. The van der Waals surface area contributed by atoms with Crippen molar-refractivity contribution < 1.29 is 9.59 Å². The van der Waals surface area contributed by atoms with Crippen molar-refractivity contribution in [2.45, 2.75) is 25.9 Å². The number of nitrogens with one attached hydrogen (secondary N) is 2. The zero-order chi connectivity index (χ0) is 33.9. The van der Waals surface area contributed by atoms with Crippen LogP contribution in [0.3, 0.4) is 0 Å². The second kappa shape index (κ2) is 16.2. The maximum Gasteiger partial charge on any atom is 0.194 e. The largest absolute Gasteiger partial charge is 0.348 e. The molecule has 0 aliphatic rings. The molecule has 2 atom stereocenters. The van der Waals surface area contributed by atoms with Crippen molar-refractivity contribution in [2.75, 3.05) is 10.6 Å². The third kappa shape index (κ3) is 8.75. The minimum atomic E-state index is -0.745. The van der Waals surface area contributed by atoms with Gasteiger partial charge in [-0.3, -0.25) is 9.59 Å². The molecule has 0 amide bonds. The first kappa shape index (κ1) is 33.6. The van der Waals surface area contributed by atoms with Gasteiger partial charge in [0.2, 0.25) is 0 Å². The van der Waals surface area contributed by atoms with Gasteiger partial charge in [0, 0.05) is 22.5 Å². The fourth-order valence-electron chi connectivity index (χ4n) is 4.64. The maximum atomic E-state index is 13.0. The standard InChI is InChI=1S/2C18H16N4OS/c2*1-13-7-9-14(10-8-13)17(23)16(22-12-19-11-20-22)18(24)21-15-5-3-2-4-6-15/h2*2-12,16H,1H3,(H,21,24)/t2*16-/m10/s1. The second-order valence-electron chi connectivity index (χ2n) is 10.7. The number of aryl methyl sites for hydroxylation is 2. The summed E-state index contributed by atoms with van der Waals surface area (Å²) in [6.07, 6.45) is 5.77. The highest BCUT2D eigenvalue weighted by Gasteiger charge is 2.28. The SMILES string of the molecule is Cc1ccc(C(=O)[C@@H](C(=S)Nc2ccccc2)n2cncn2)cc1.Cc1ccc(C(=O)[C@H](C(=S)Nc2ccccc2)n2cncn2)cc1. The van der Waals surface area contributed by atoms with E-state index < -0.39 is 12.1 Å². The molecule has 12 heteroatoms. The van der Waals surface area contributed by atoms with Gasteiger partial charge in [-0.15, -0.1) is 0 Å². The number of nitrogens with zero attached hydrogens (tertiary/aromatic N) is 6. The molecular weight excluding hydrogens is 641 g/mol. The van der Waals surface area contributed by atoms with E-state index in [0.29, 0.717) is 21.1 Å². The molecule has 0 aliphatic heterocycles. The van der Waals surface area contributed by atoms with E-state index in [1.54, 1.807) is 24.3 Å². The molecule has 6 rings (SSSR count). The number of hydrogen-bond donors (Lipinski definition) is 2. The normalized spacial score (nSPS) is 11.7. The van der Waals surface area contributed by atoms with Gasteiger partial charge in [0.1, 0.15) is 35.3 Å². The molecule has 0 fully saturated rings. The topological polar surface area (TPSA) is 120 Å². The van der Waals surface area contributed by atoms with Gasteiger partial charge in [-0.1, -0.05) is 120 Å². The third-order valence-corrected chi connectivity index (χ3v) is 7.80. The smallest absolute Gasteiger partial charge is 0.194 e. The number of thiocarbonyl (C=S) groups is 2. The van der Waals surface area contributed by atoms with Crippen molar-refractivity contribution in [1.82, 2.24) is 29.5 Å². The van der Waals surface area contributed by atoms with Crippen molar-refractivity contribution in [1.29, 1.82) is 0 Å². The van der Waals surface area contributed by atoms with E-state index in [-0.39, 0.29) is 11.6 Å². The molecule has 0 bridgehead atoms. The average molecular weight is 673 g/mol. The van der Waals surface area contributed by atoms with E-state index in [1.165, 1.54) is 34.7 Å². The van der Waals surface area contributed by atoms with Gasteiger partial charge in [0.15, 0.2) is 23.7 Å². The Morgan fingerprint density at radius 3 is 1.23 bits per heavy atom. The summed E-state index contributed by atoms with van der Waals surface area (Å²) in [6, 6.07) is 32.3. The summed E-state index contributed by atoms with van der Waals surface area (Å²) in [5.41, 5.74) is 4.99. The fourth-order valence-corrected chi connectivity index (χ4v) is 5.30.